The number of ether oxygens (including phenoxy) is 1. The molecule has 0 radical (unpaired) electrons. The monoisotopic (exact) mass is 360 g/mol. The quantitative estimate of drug-likeness (QED) is 0.853. The second kappa shape index (κ2) is 7.48. The van der Waals surface area contributed by atoms with Crippen molar-refractivity contribution in [2.75, 3.05) is 30.4 Å². The van der Waals surface area contributed by atoms with Crippen LogP contribution in [0, 0.1) is 19.8 Å². The average molecular weight is 361 g/mol. The van der Waals surface area contributed by atoms with E-state index in [0.717, 1.165) is 41.8 Å². The molecule has 1 aliphatic heterocycles. The maximum atomic E-state index is 6.19. The minimum absolute atomic E-state index is 0.685. The number of anilines is 3. The van der Waals surface area contributed by atoms with E-state index in [9.17, 15) is 0 Å². The van der Waals surface area contributed by atoms with Gasteiger partial charge in [-0.15, -0.1) is 0 Å². The van der Waals surface area contributed by atoms with E-state index < -0.39 is 0 Å². The number of halogens is 1. The first-order chi connectivity index (χ1) is 12.0. The minimum atomic E-state index is 0.685. The zero-order valence-electron chi connectivity index (χ0n) is 15.3. The summed E-state index contributed by atoms with van der Waals surface area (Å²) in [5.41, 5.74) is 1.83. The SMILES string of the molecule is COc1cc(Cl)c(C)cc1Nc1cc(N2CCCC(C)C2)nc(C)n1. The largest absolute Gasteiger partial charge is 0.495 e. The lowest BCUT2D eigenvalue weighted by Gasteiger charge is -2.32. The van der Waals surface area contributed by atoms with Gasteiger partial charge in [0, 0.05) is 30.2 Å². The maximum absolute atomic E-state index is 6.19. The highest BCUT2D eigenvalue weighted by Crippen LogP contribution is 2.33. The number of hydrogen-bond donors (Lipinski definition) is 1. The van der Waals surface area contributed by atoms with Crippen LogP contribution in [0.3, 0.4) is 0 Å². The van der Waals surface area contributed by atoms with Gasteiger partial charge in [-0.25, -0.2) is 9.97 Å². The summed E-state index contributed by atoms with van der Waals surface area (Å²) < 4.78 is 5.44. The number of nitrogens with one attached hydrogen (secondary N) is 1. The van der Waals surface area contributed by atoms with Crippen LogP contribution in [0.1, 0.15) is 31.2 Å². The van der Waals surface area contributed by atoms with E-state index in [1.807, 2.05) is 32.0 Å². The van der Waals surface area contributed by atoms with Crippen molar-refractivity contribution >= 4 is 28.9 Å². The predicted molar refractivity (Wildman–Crippen MR) is 103 cm³/mol. The molecule has 25 heavy (non-hydrogen) atoms. The van der Waals surface area contributed by atoms with Gasteiger partial charge in [-0.1, -0.05) is 18.5 Å². The van der Waals surface area contributed by atoms with Gasteiger partial charge < -0.3 is 15.0 Å². The van der Waals surface area contributed by atoms with Gasteiger partial charge in [0.05, 0.1) is 12.8 Å². The maximum Gasteiger partial charge on any atom is 0.143 e. The molecule has 2 aromatic rings. The summed E-state index contributed by atoms with van der Waals surface area (Å²) in [5, 5.41) is 4.05. The van der Waals surface area contributed by atoms with Crippen LogP contribution in [-0.2, 0) is 0 Å². The van der Waals surface area contributed by atoms with Gasteiger partial charge >= 0.3 is 0 Å². The Labute approximate surface area is 154 Å². The van der Waals surface area contributed by atoms with Crippen LogP contribution >= 0.6 is 11.6 Å². The van der Waals surface area contributed by atoms with E-state index in [4.69, 9.17) is 16.3 Å². The van der Waals surface area contributed by atoms with Gasteiger partial charge in [0.1, 0.15) is 23.2 Å². The molecular weight excluding hydrogens is 336 g/mol. The standard InChI is InChI=1S/C19H25ClN4O/c1-12-6-5-7-24(11-12)19-10-18(21-14(3)22-19)23-16-8-13(2)15(20)9-17(16)25-4/h8-10,12H,5-7,11H2,1-4H3,(H,21,22,23). The molecule has 6 heteroatoms. The van der Waals surface area contributed by atoms with E-state index in [-0.39, 0.29) is 0 Å². The van der Waals surface area contributed by atoms with Gasteiger partial charge in [-0.3, -0.25) is 0 Å². The minimum Gasteiger partial charge on any atom is -0.495 e. The molecule has 1 aliphatic rings. The Balaban J connectivity index is 1.89. The van der Waals surface area contributed by atoms with Crippen molar-refractivity contribution < 1.29 is 4.74 Å². The van der Waals surface area contributed by atoms with Crippen LogP contribution in [0.4, 0.5) is 17.3 Å². The Bertz CT molecular complexity index is 765. The fourth-order valence-electron chi connectivity index (χ4n) is 3.24. The third-order valence-corrected chi connectivity index (χ3v) is 4.96. The second-order valence-corrected chi connectivity index (χ2v) is 7.19. The van der Waals surface area contributed by atoms with Crippen LogP contribution in [0.5, 0.6) is 5.75 Å². The van der Waals surface area contributed by atoms with Crippen molar-refractivity contribution in [1.29, 1.82) is 0 Å². The highest BCUT2D eigenvalue weighted by Gasteiger charge is 2.19. The van der Waals surface area contributed by atoms with Gasteiger partial charge in [0.15, 0.2) is 0 Å². The van der Waals surface area contributed by atoms with E-state index in [1.165, 1.54) is 12.8 Å². The smallest absolute Gasteiger partial charge is 0.143 e. The van der Waals surface area contributed by atoms with Crippen molar-refractivity contribution in [3.8, 4) is 5.75 Å². The first-order valence-corrected chi connectivity index (χ1v) is 9.06. The summed E-state index contributed by atoms with van der Waals surface area (Å²) in [6, 6.07) is 5.80. The third kappa shape index (κ3) is 4.15. The molecule has 5 nitrogen and oxygen atoms in total. The molecule has 1 aromatic heterocycles. The summed E-state index contributed by atoms with van der Waals surface area (Å²) in [4.78, 5) is 11.5. The molecule has 0 bridgehead atoms. The lowest BCUT2D eigenvalue weighted by molar-refractivity contribution is 0.416. The van der Waals surface area contributed by atoms with Gasteiger partial charge in [0.25, 0.3) is 0 Å². The number of aromatic nitrogens is 2. The number of benzene rings is 1. The molecule has 2 heterocycles. The fourth-order valence-corrected chi connectivity index (χ4v) is 3.40. The number of methoxy groups -OCH3 is 1. The first kappa shape index (κ1) is 17.8. The van der Waals surface area contributed by atoms with Crippen molar-refractivity contribution in [2.45, 2.75) is 33.6 Å². The molecule has 0 spiro atoms. The molecule has 1 unspecified atom stereocenters. The van der Waals surface area contributed by atoms with E-state index in [2.05, 4.69) is 27.1 Å². The Hall–Kier alpha value is -2.01. The summed E-state index contributed by atoms with van der Waals surface area (Å²) in [5.74, 6) is 3.88. The average Bonchev–Trinajstić information content (AvgIpc) is 2.57. The lowest BCUT2D eigenvalue weighted by atomic mass is 10.0. The molecule has 1 atom stereocenters. The summed E-state index contributed by atoms with van der Waals surface area (Å²) >= 11 is 6.19. The van der Waals surface area contributed by atoms with E-state index in [0.29, 0.717) is 16.7 Å². The topological polar surface area (TPSA) is 50.3 Å². The third-order valence-electron chi connectivity index (χ3n) is 4.55. The Kier molecular flexibility index (Phi) is 5.33. The highest BCUT2D eigenvalue weighted by atomic mass is 35.5. The molecular formula is C19H25ClN4O. The zero-order chi connectivity index (χ0) is 18.0. The number of piperidine rings is 1. The van der Waals surface area contributed by atoms with E-state index in [1.54, 1.807) is 7.11 Å². The zero-order valence-corrected chi connectivity index (χ0v) is 16.0. The highest BCUT2D eigenvalue weighted by molar-refractivity contribution is 6.31. The predicted octanol–water partition coefficient (Wildman–Crippen LogP) is 4.74. The lowest BCUT2D eigenvalue weighted by Crippen LogP contribution is -2.35. The number of nitrogens with zero attached hydrogens (tertiary/aromatic N) is 3. The van der Waals surface area contributed by atoms with Crippen LogP contribution in [0.2, 0.25) is 5.02 Å². The van der Waals surface area contributed by atoms with Crippen LogP contribution in [0.15, 0.2) is 18.2 Å². The molecule has 1 fully saturated rings. The summed E-state index contributed by atoms with van der Waals surface area (Å²) in [7, 11) is 1.64. The van der Waals surface area contributed by atoms with E-state index >= 15 is 0 Å². The van der Waals surface area contributed by atoms with Gasteiger partial charge in [-0.2, -0.15) is 0 Å². The Morgan fingerprint density at radius 1 is 1.24 bits per heavy atom. The molecule has 1 saturated heterocycles. The first-order valence-electron chi connectivity index (χ1n) is 8.68. The van der Waals surface area contributed by atoms with Gasteiger partial charge in [0.2, 0.25) is 0 Å². The number of rotatable bonds is 4. The van der Waals surface area contributed by atoms with Crippen molar-refractivity contribution in [3.05, 3.63) is 34.6 Å². The normalized spacial score (nSPS) is 17.5. The molecule has 1 N–H and O–H groups in total. The fraction of sp³-hybridized carbons (Fsp3) is 0.474. The number of hydrogen-bond acceptors (Lipinski definition) is 5. The van der Waals surface area contributed by atoms with Crippen molar-refractivity contribution in [3.63, 3.8) is 0 Å². The van der Waals surface area contributed by atoms with Crippen molar-refractivity contribution in [2.24, 2.45) is 5.92 Å². The molecule has 0 amide bonds. The van der Waals surface area contributed by atoms with Crippen LogP contribution in [-0.4, -0.2) is 30.2 Å². The summed E-state index contributed by atoms with van der Waals surface area (Å²) in [6.45, 7) is 8.27. The Morgan fingerprint density at radius 2 is 2.04 bits per heavy atom. The number of aryl methyl sites for hydroxylation is 2. The molecule has 0 saturated carbocycles. The second-order valence-electron chi connectivity index (χ2n) is 6.78. The molecule has 1 aromatic carbocycles. The van der Waals surface area contributed by atoms with Gasteiger partial charge in [-0.05, 0) is 44.2 Å². The van der Waals surface area contributed by atoms with Crippen LogP contribution < -0.4 is 15.0 Å². The van der Waals surface area contributed by atoms with Crippen molar-refractivity contribution in [1.82, 2.24) is 9.97 Å². The molecule has 134 valence electrons. The molecule has 3 rings (SSSR count). The summed E-state index contributed by atoms with van der Waals surface area (Å²) in [6.07, 6.45) is 2.49. The Morgan fingerprint density at radius 3 is 2.76 bits per heavy atom. The van der Waals surface area contributed by atoms with Crippen LogP contribution in [0.25, 0.3) is 0 Å². The molecule has 0 aliphatic carbocycles.